The van der Waals surface area contributed by atoms with Crippen LogP contribution in [0.1, 0.15) is 57.4 Å². The fourth-order valence-corrected chi connectivity index (χ4v) is 2.64. The van der Waals surface area contributed by atoms with Crippen LogP contribution in [-0.2, 0) is 16.0 Å². The van der Waals surface area contributed by atoms with Gasteiger partial charge in [0.2, 0.25) is 17.4 Å². The van der Waals surface area contributed by atoms with Crippen LogP contribution >= 0.6 is 0 Å². The highest BCUT2D eigenvalue weighted by atomic mass is 16.2. The number of aromatic amines is 1. The highest BCUT2D eigenvalue weighted by Crippen LogP contribution is 2.05. The lowest BCUT2D eigenvalue weighted by Crippen LogP contribution is -2.48. The molecule has 0 saturated carbocycles. The summed E-state index contributed by atoms with van der Waals surface area (Å²) in [4.78, 5) is 38.0. The molecule has 1 aromatic heterocycles. The Morgan fingerprint density at radius 2 is 1.96 bits per heavy atom. The predicted octanol–water partition coefficient (Wildman–Crippen LogP) is 1.20. The molecule has 0 aliphatic carbocycles. The second kappa shape index (κ2) is 12.7. The molecule has 6 N–H and O–H groups in total. The Hall–Kier alpha value is -2.64. The first-order chi connectivity index (χ1) is 12.9. The molecule has 0 spiro atoms. The maximum atomic E-state index is 12.3. The number of pyridine rings is 1. The van der Waals surface area contributed by atoms with Gasteiger partial charge in [0.25, 0.3) is 0 Å². The number of aromatic nitrogens is 1. The molecule has 0 saturated heterocycles. The minimum atomic E-state index is -0.846. The van der Waals surface area contributed by atoms with Gasteiger partial charge in [-0.1, -0.05) is 38.7 Å². The molecule has 1 atom stereocenters. The Balaban J connectivity index is 2.42. The molecule has 27 heavy (non-hydrogen) atoms. The molecule has 8 heteroatoms. The molecule has 0 aliphatic rings. The molecule has 0 radical (unpaired) electrons. The molecule has 1 rings (SSSR count). The quantitative estimate of drug-likeness (QED) is 0.200. The van der Waals surface area contributed by atoms with Gasteiger partial charge in [0.15, 0.2) is 0 Å². The first-order valence-electron chi connectivity index (χ1n) is 9.50. The number of amides is 2. The van der Waals surface area contributed by atoms with E-state index in [-0.39, 0.29) is 29.6 Å². The average Bonchev–Trinajstić information content (AvgIpc) is 2.62. The van der Waals surface area contributed by atoms with Crippen LogP contribution in [0, 0.1) is 5.41 Å². The number of rotatable bonds is 13. The normalized spacial score (nSPS) is 11.6. The fraction of sp³-hybridized carbons (Fsp3) is 0.579. The molecule has 1 heterocycles. The number of nitrogens with two attached hydrogens (primary N) is 1. The van der Waals surface area contributed by atoms with E-state index in [9.17, 15) is 14.4 Å². The summed E-state index contributed by atoms with van der Waals surface area (Å²) in [6.45, 7) is 2.49. The molecule has 0 bridgehead atoms. The van der Waals surface area contributed by atoms with Crippen molar-refractivity contribution in [3.8, 4) is 0 Å². The zero-order chi connectivity index (χ0) is 20.1. The van der Waals surface area contributed by atoms with E-state index in [0.29, 0.717) is 19.4 Å². The van der Waals surface area contributed by atoms with Crippen molar-refractivity contribution in [1.82, 2.24) is 15.6 Å². The van der Waals surface area contributed by atoms with Crippen molar-refractivity contribution in [1.29, 1.82) is 5.41 Å². The highest BCUT2D eigenvalue weighted by molar-refractivity contribution is 5.92. The largest absolute Gasteiger partial charge is 0.388 e. The van der Waals surface area contributed by atoms with Gasteiger partial charge in [-0.3, -0.25) is 19.8 Å². The summed E-state index contributed by atoms with van der Waals surface area (Å²) in [5.74, 6) is -0.721. The molecule has 150 valence electrons. The maximum Gasteiger partial charge on any atom is 0.247 e. The average molecular weight is 377 g/mol. The molecule has 0 fully saturated rings. The van der Waals surface area contributed by atoms with Crippen molar-refractivity contribution in [2.45, 2.75) is 64.3 Å². The SMILES string of the molecule is CCCCCCCC(=O)N[C@H](CC(=N)N)C(=O)NCCc1ccc(=O)[nH]c1. The van der Waals surface area contributed by atoms with E-state index < -0.39 is 6.04 Å². The van der Waals surface area contributed by atoms with Gasteiger partial charge in [-0.2, -0.15) is 0 Å². The van der Waals surface area contributed by atoms with E-state index >= 15 is 0 Å². The lowest BCUT2D eigenvalue weighted by Gasteiger charge is -2.18. The molecule has 0 aromatic carbocycles. The Kier molecular flexibility index (Phi) is 10.5. The van der Waals surface area contributed by atoms with Crippen molar-refractivity contribution in [3.63, 3.8) is 0 Å². The van der Waals surface area contributed by atoms with Crippen molar-refractivity contribution in [2.75, 3.05) is 6.54 Å². The van der Waals surface area contributed by atoms with E-state index in [1.807, 2.05) is 0 Å². The monoisotopic (exact) mass is 377 g/mol. The van der Waals surface area contributed by atoms with E-state index in [1.54, 1.807) is 12.3 Å². The van der Waals surface area contributed by atoms with E-state index in [4.69, 9.17) is 11.1 Å². The highest BCUT2D eigenvalue weighted by Gasteiger charge is 2.21. The van der Waals surface area contributed by atoms with Gasteiger partial charge in [-0.05, 0) is 18.4 Å². The molecule has 0 unspecified atom stereocenters. The first-order valence-corrected chi connectivity index (χ1v) is 9.50. The summed E-state index contributed by atoms with van der Waals surface area (Å²) >= 11 is 0. The van der Waals surface area contributed by atoms with Gasteiger partial charge >= 0.3 is 0 Å². The number of H-pyrrole nitrogens is 1. The number of carbonyl (C=O) groups is 2. The summed E-state index contributed by atoms with van der Waals surface area (Å²) in [6, 6.07) is 2.27. The standard InChI is InChI=1S/C19H31N5O3/c1-2-3-4-5-6-7-18(26)24-15(12-16(20)21)19(27)22-11-10-14-8-9-17(25)23-13-14/h8-9,13,15H,2-7,10-12H2,1H3,(H3,20,21)(H,22,27)(H,23,25)(H,24,26)/t15-/m1/s1. The molecular weight excluding hydrogens is 346 g/mol. The Morgan fingerprint density at radius 1 is 1.22 bits per heavy atom. The van der Waals surface area contributed by atoms with Crippen LogP contribution < -0.4 is 21.9 Å². The molecule has 0 aliphatic heterocycles. The van der Waals surface area contributed by atoms with Crippen LogP contribution in [0.3, 0.4) is 0 Å². The van der Waals surface area contributed by atoms with Crippen molar-refractivity contribution < 1.29 is 9.59 Å². The summed E-state index contributed by atoms with van der Waals surface area (Å²) in [6.07, 6.45) is 7.66. The van der Waals surface area contributed by atoms with Crippen molar-refractivity contribution >= 4 is 17.6 Å². The van der Waals surface area contributed by atoms with Crippen LogP contribution in [0.5, 0.6) is 0 Å². The van der Waals surface area contributed by atoms with Crippen LogP contribution in [0.15, 0.2) is 23.1 Å². The summed E-state index contributed by atoms with van der Waals surface area (Å²) in [5.41, 5.74) is 6.12. The molecule has 1 aromatic rings. The zero-order valence-electron chi connectivity index (χ0n) is 16.0. The van der Waals surface area contributed by atoms with E-state index in [2.05, 4.69) is 22.5 Å². The minimum absolute atomic E-state index is 0.0218. The topological polar surface area (TPSA) is 141 Å². The Bertz CT molecular complexity index is 651. The van der Waals surface area contributed by atoms with Crippen molar-refractivity contribution in [3.05, 3.63) is 34.2 Å². The fourth-order valence-electron chi connectivity index (χ4n) is 2.64. The van der Waals surface area contributed by atoms with Gasteiger partial charge in [0, 0.05) is 31.6 Å². The van der Waals surface area contributed by atoms with Crippen LogP contribution in [0.25, 0.3) is 0 Å². The van der Waals surface area contributed by atoms with E-state index in [1.165, 1.54) is 6.07 Å². The molecule has 2 amide bonds. The third-order valence-corrected chi connectivity index (χ3v) is 4.14. The predicted molar refractivity (Wildman–Crippen MR) is 106 cm³/mol. The van der Waals surface area contributed by atoms with Crippen LogP contribution in [0.2, 0.25) is 0 Å². The maximum absolute atomic E-state index is 12.3. The van der Waals surface area contributed by atoms with Gasteiger partial charge in [-0.25, -0.2) is 0 Å². The third-order valence-electron chi connectivity index (χ3n) is 4.14. The summed E-state index contributed by atoms with van der Waals surface area (Å²) < 4.78 is 0. The molecular formula is C19H31N5O3. The number of carbonyl (C=O) groups excluding carboxylic acids is 2. The number of nitrogens with one attached hydrogen (secondary N) is 4. The lowest BCUT2D eigenvalue weighted by atomic mass is 10.1. The Morgan fingerprint density at radius 3 is 2.59 bits per heavy atom. The number of amidine groups is 1. The van der Waals surface area contributed by atoms with Gasteiger partial charge in [0.05, 0.1) is 5.84 Å². The number of unbranched alkanes of at least 4 members (excludes halogenated alkanes) is 4. The number of hydrogen-bond donors (Lipinski definition) is 5. The van der Waals surface area contributed by atoms with E-state index in [0.717, 1.165) is 37.7 Å². The minimum Gasteiger partial charge on any atom is -0.388 e. The summed E-state index contributed by atoms with van der Waals surface area (Å²) in [7, 11) is 0. The second-order valence-corrected chi connectivity index (χ2v) is 6.62. The number of hydrogen-bond acceptors (Lipinski definition) is 4. The van der Waals surface area contributed by atoms with Crippen molar-refractivity contribution in [2.24, 2.45) is 5.73 Å². The zero-order valence-corrected chi connectivity index (χ0v) is 16.0. The summed E-state index contributed by atoms with van der Waals surface area (Å²) in [5, 5.41) is 12.8. The van der Waals surface area contributed by atoms with Gasteiger partial charge in [0.1, 0.15) is 6.04 Å². The second-order valence-electron chi connectivity index (χ2n) is 6.62. The van der Waals surface area contributed by atoms with Gasteiger partial charge in [-0.15, -0.1) is 0 Å². The van der Waals surface area contributed by atoms with Gasteiger partial charge < -0.3 is 21.4 Å². The van der Waals surface area contributed by atoms with Crippen LogP contribution in [0.4, 0.5) is 0 Å². The third kappa shape index (κ3) is 10.2. The van der Waals surface area contributed by atoms with Crippen LogP contribution in [-0.4, -0.2) is 35.2 Å². The Labute approximate surface area is 159 Å². The smallest absolute Gasteiger partial charge is 0.247 e. The first kappa shape index (κ1) is 22.4. The lowest BCUT2D eigenvalue weighted by molar-refractivity contribution is -0.128. The molecule has 8 nitrogen and oxygen atoms in total.